The summed E-state index contributed by atoms with van der Waals surface area (Å²) in [5, 5.41) is 37.1. The van der Waals surface area contributed by atoms with E-state index in [1.54, 1.807) is 25.1 Å². The van der Waals surface area contributed by atoms with Gasteiger partial charge < -0.3 is 25.3 Å². The van der Waals surface area contributed by atoms with E-state index in [0.29, 0.717) is 5.69 Å². The zero-order valence-electron chi connectivity index (χ0n) is 11.8. The number of phenolic OH excluding ortho intramolecular Hbond substituents is 2. The number of hydrogen-bond acceptors (Lipinski definition) is 6. The first-order valence-corrected chi connectivity index (χ1v) is 6.08. The Labute approximate surface area is 121 Å². The molecule has 1 rings (SSSR count). The van der Waals surface area contributed by atoms with Gasteiger partial charge in [-0.15, -0.1) is 0 Å². The van der Waals surface area contributed by atoms with Crippen molar-refractivity contribution in [1.82, 2.24) is 4.90 Å². The smallest absolute Gasteiger partial charge is 0.317 e. The highest BCUT2D eigenvalue weighted by atomic mass is 16.4. The molecule has 0 fully saturated rings. The van der Waals surface area contributed by atoms with Crippen molar-refractivity contribution in [3.63, 3.8) is 0 Å². The van der Waals surface area contributed by atoms with Gasteiger partial charge in [0.15, 0.2) is 11.5 Å². The van der Waals surface area contributed by atoms with Crippen LogP contribution in [0.2, 0.25) is 0 Å². The van der Waals surface area contributed by atoms with Crippen molar-refractivity contribution in [3.05, 3.63) is 17.7 Å². The van der Waals surface area contributed by atoms with Crippen molar-refractivity contribution in [1.29, 1.82) is 0 Å². The van der Waals surface area contributed by atoms with Crippen LogP contribution in [0.4, 0.5) is 5.69 Å². The summed E-state index contributed by atoms with van der Waals surface area (Å²) in [5.74, 6) is -3.09. The molecule has 8 nitrogen and oxygen atoms in total. The molecule has 0 spiro atoms. The molecular formula is C13H18N2O6. The first kappa shape index (κ1) is 16.6. The van der Waals surface area contributed by atoms with E-state index in [1.165, 1.54) is 6.07 Å². The van der Waals surface area contributed by atoms with Crippen LogP contribution in [0.25, 0.3) is 0 Å². The van der Waals surface area contributed by atoms with Gasteiger partial charge in [0.1, 0.15) is 0 Å². The lowest BCUT2D eigenvalue weighted by Gasteiger charge is -2.21. The van der Waals surface area contributed by atoms with E-state index >= 15 is 0 Å². The van der Waals surface area contributed by atoms with Gasteiger partial charge in [-0.05, 0) is 6.07 Å². The van der Waals surface area contributed by atoms with E-state index in [2.05, 4.69) is 0 Å². The summed E-state index contributed by atoms with van der Waals surface area (Å²) >= 11 is 0. The maximum Gasteiger partial charge on any atom is 0.317 e. The molecular weight excluding hydrogens is 280 g/mol. The molecule has 0 aliphatic carbocycles. The molecule has 1 aromatic rings. The summed E-state index contributed by atoms with van der Waals surface area (Å²) in [6.45, 7) is -1.09. The number of rotatable bonds is 7. The van der Waals surface area contributed by atoms with Gasteiger partial charge in [-0.3, -0.25) is 14.5 Å². The van der Waals surface area contributed by atoms with Crippen LogP contribution in [-0.4, -0.2) is 64.4 Å². The maximum absolute atomic E-state index is 10.8. The Hall–Kier alpha value is -2.48. The monoisotopic (exact) mass is 298 g/mol. The second-order valence-electron chi connectivity index (χ2n) is 4.80. The normalized spacial score (nSPS) is 10.6. The molecule has 1 aromatic carbocycles. The van der Waals surface area contributed by atoms with Gasteiger partial charge in [-0.25, -0.2) is 0 Å². The van der Waals surface area contributed by atoms with Crippen molar-refractivity contribution in [2.45, 2.75) is 6.54 Å². The summed E-state index contributed by atoms with van der Waals surface area (Å²) in [6, 6.07) is 2.92. The Kier molecular flexibility index (Phi) is 5.37. The number of anilines is 1. The van der Waals surface area contributed by atoms with Crippen LogP contribution in [-0.2, 0) is 16.1 Å². The number of aromatic hydroxyl groups is 2. The number of phenols is 2. The summed E-state index contributed by atoms with van der Waals surface area (Å²) in [6.07, 6.45) is 0. The van der Waals surface area contributed by atoms with Crippen LogP contribution in [0.5, 0.6) is 11.5 Å². The van der Waals surface area contributed by atoms with Crippen molar-refractivity contribution in [2.24, 2.45) is 0 Å². The Morgan fingerprint density at radius 3 is 2.00 bits per heavy atom. The summed E-state index contributed by atoms with van der Waals surface area (Å²) in [7, 11) is 3.48. The first-order chi connectivity index (χ1) is 9.70. The fourth-order valence-electron chi connectivity index (χ4n) is 1.83. The largest absolute Gasteiger partial charge is 0.504 e. The minimum atomic E-state index is -1.18. The quantitative estimate of drug-likeness (QED) is 0.524. The molecule has 21 heavy (non-hydrogen) atoms. The molecule has 8 heteroatoms. The number of carboxylic acids is 2. The predicted octanol–water partition coefficient (Wildman–Crippen LogP) is 0.135. The number of carbonyl (C=O) groups is 2. The zero-order chi connectivity index (χ0) is 16.2. The van der Waals surface area contributed by atoms with Crippen LogP contribution in [0.15, 0.2) is 12.1 Å². The average molecular weight is 298 g/mol. The van der Waals surface area contributed by atoms with Crippen LogP contribution in [0.1, 0.15) is 5.56 Å². The third-order valence-corrected chi connectivity index (χ3v) is 2.78. The first-order valence-electron chi connectivity index (χ1n) is 6.08. The molecule has 0 saturated heterocycles. The van der Waals surface area contributed by atoms with Crippen LogP contribution in [0.3, 0.4) is 0 Å². The highest BCUT2D eigenvalue weighted by molar-refractivity contribution is 5.72. The van der Waals surface area contributed by atoms with Crippen LogP contribution >= 0.6 is 0 Å². The SMILES string of the molecule is CN(C)c1cc(O)c(O)c(CN(CC(=O)O)CC(=O)O)c1. The summed E-state index contributed by atoms with van der Waals surface area (Å²) in [4.78, 5) is 24.3. The van der Waals surface area contributed by atoms with Crippen molar-refractivity contribution < 1.29 is 30.0 Å². The number of benzene rings is 1. The molecule has 0 bridgehead atoms. The summed E-state index contributed by atoms with van der Waals surface area (Å²) < 4.78 is 0. The molecule has 0 unspecified atom stereocenters. The van der Waals surface area contributed by atoms with Gasteiger partial charge in [-0.1, -0.05) is 0 Å². The van der Waals surface area contributed by atoms with E-state index in [9.17, 15) is 19.8 Å². The number of nitrogens with zero attached hydrogens (tertiary/aromatic N) is 2. The average Bonchev–Trinajstić information content (AvgIpc) is 2.32. The van der Waals surface area contributed by atoms with Crippen LogP contribution < -0.4 is 4.90 Å². The molecule has 0 atom stereocenters. The molecule has 0 aliphatic rings. The van der Waals surface area contributed by atoms with E-state index < -0.39 is 25.0 Å². The molecule has 0 aromatic heterocycles. The minimum absolute atomic E-state index is 0.111. The topological polar surface area (TPSA) is 122 Å². The molecule has 116 valence electrons. The zero-order valence-corrected chi connectivity index (χ0v) is 11.8. The van der Waals surface area contributed by atoms with E-state index in [0.717, 1.165) is 4.90 Å². The number of hydrogen-bond donors (Lipinski definition) is 4. The Morgan fingerprint density at radius 1 is 1.05 bits per heavy atom. The minimum Gasteiger partial charge on any atom is -0.504 e. The molecule has 0 amide bonds. The second kappa shape index (κ2) is 6.80. The Balaban J connectivity index is 3.06. The summed E-state index contributed by atoms with van der Waals surface area (Å²) in [5.41, 5.74) is 0.854. The number of carboxylic acid groups (broad SMARTS) is 2. The molecule has 0 saturated carbocycles. The van der Waals surface area contributed by atoms with Gasteiger partial charge in [-0.2, -0.15) is 0 Å². The van der Waals surface area contributed by atoms with E-state index in [1.807, 2.05) is 0 Å². The molecule has 4 N–H and O–H groups in total. The highest BCUT2D eigenvalue weighted by Crippen LogP contribution is 2.34. The standard InChI is InChI=1S/C13H18N2O6/c1-14(2)9-3-8(13(21)10(16)4-9)5-15(6-11(17)18)7-12(19)20/h3-4,16,21H,5-7H2,1-2H3,(H,17,18)(H,19,20). The van der Waals surface area contributed by atoms with Gasteiger partial charge in [0, 0.05) is 38.0 Å². The number of aliphatic carboxylic acids is 2. The highest BCUT2D eigenvalue weighted by Gasteiger charge is 2.18. The van der Waals surface area contributed by atoms with Crippen molar-refractivity contribution in [3.8, 4) is 11.5 Å². The lowest BCUT2D eigenvalue weighted by molar-refractivity contribution is -0.142. The Bertz CT molecular complexity index is 528. The molecule has 0 heterocycles. The fraction of sp³-hybridized carbons (Fsp3) is 0.385. The van der Waals surface area contributed by atoms with Crippen molar-refractivity contribution >= 4 is 17.6 Å². The fourth-order valence-corrected chi connectivity index (χ4v) is 1.83. The third kappa shape index (κ3) is 4.84. The Morgan fingerprint density at radius 2 is 1.57 bits per heavy atom. The predicted molar refractivity (Wildman–Crippen MR) is 74.6 cm³/mol. The van der Waals surface area contributed by atoms with Gasteiger partial charge in [0.05, 0.1) is 13.1 Å². The second-order valence-corrected chi connectivity index (χ2v) is 4.80. The van der Waals surface area contributed by atoms with Gasteiger partial charge in [0.2, 0.25) is 0 Å². The van der Waals surface area contributed by atoms with Gasteiger partial charge in [0.25, 0.3) is 0 Å². The lowest BCUT2D eigenvalue weighted by atomic mass is 10.1. The lowest BCUT2D eigenvalue weighted by Crippen LogP contribution is -2.34. The molecule has 0 radical (unpaired) electrons. The van der Waals surface area contributed by atoms with E-state index in [-0.39, 0.29) is 23.6 Å². The molecule has 0 aliphatic heterocycles. The maximum atomic E-state index is 10.8. The van der Waals surface area contributed by atoms with E-state index in [4.69, 9.17) is 10.2 Å². The van der Waals surface area contributed by atoms with Crippen LogP contribution in [0, 0.1) is 0 Å². The third-order valence-electron chi connectivity index (χ3n) is 2.78. The van der Waals surface area contributed by atoms with Crippen molar-refractivity contribution in [2.75, 3.05) is 32.1 Å². The van der Waals surface area contributed by atoms with Gasteiger partial charge >= 0.3 is 11.9 Å².